The van der Waals surface area contributed by atoms with Crippen molar-refractivity contribution >= 4 is 16.6 Å². The number of H-pyrrole nitrogens is 2. The van der Waals surface area contributed by atoms with Crippen molar-refractivity contribution < 1.29 is 0 Å². The minimum atomic E-state index is -0.483. The highest BCUT2D eigenvalue weighted by Crippen LogP contribution is 2.22. The minimum absolute atomic E-state index is 0.319. The van der Waals surface area contributed by atoms with E-state index in [9.17, 15) is 9.59 Å². The molecule has 0 saturated heterocycles. The highest BCUT2D eigenvalue weighted by molar-refractivity contribution is 5.81. The van der Waals surface area contributed by atoms with Gasteiger partial charge in [-0.3, -0.25) is 9.78 Å². The van der Waals surface area contributed by atoms with Crippen molar-refractivity contribution in [2.24, 2.45) is 5.73 Å². The molecule has 1 aliphatic carbocycles. The first-order chi connectivity index (χ1) is 9.61. The lowest BCUT2D eigenvalue weighted by Gasteiger charge is -2.27. The van der Waals surface area contributed by atoms with E-state index in [0.29, 0.717) is 23.0 Å². The van der Waals surface area contributed by atoms with Crippen molar-refractivity contribution in [2.45, 2.75) is 37.8 Å². The molecular weight excluding hydrogens is 256 g/mol. The molecule has 5 N–H and O–H groups in total. The van der Waals surface area contributed by atoms with Crippen LogP contribution in [-0.4, -0.2) is 22.1 Å². The Morgan fingerprint density at radius 3 is 2.60 bits per heavy atom. The first kappa shape index (κ1) is 12.9. The van der Waals surface area contributed by atoms with Crippen LogP contribution in [-0.2, 0) is 0 Å². The van der Waals surface area contributed by atoms with E-state index in [1.807, 2.05) is 6.07 Å². The maximum Gasteiger partial charge on any atom is 0.326 e. The largest absolute Gasteiger partial charge is 0.382 e. The van der Waals surface area contributed by atoms with Crippen molar-refractivity contribution in [1.29, 1.82) is 0 Å². The van der Waals surface area contributed by atoms with Crippen molar-refractivity contribution in [3.05, 3.63) is 39.0 Å². The molecule has 0 atom stereocenters. The number of anilines is 1. The van der Waals surface area contributed by atoms with Gasteiger partial charge in [-0.25, -0.2) is 4.79 Å². The molecule has 2 aromatic rings. The SMILES string of the molecule is N[C@H]1CC[C@H](Nc2ccc3c(=O)[nH]c(=O)[nH]c3c2)CC1. The van der Waals surface area contributed by atoms with Crippen LogP contribution < -0.4 is 22.3 Å². The van der Waals surface area contributed by atoms with Crippen LogP contribution in [0.4, 0.5) is 5.69 Å². The van der Waals surface area contributed by atoms with E-state index in [0.717, 1.165) is 31.4 Å². The van der Waals surface area contributed by atoms with Gasteiger partial charge in [0.15, 0.2) is 0 Å². The van der Waals surface area contributed by atoms with Crippen LogP contribution in [0.3, 0.4) is 0 Å². The van der Waals surface area contributed by atoms with Crippen molar-refractivity contribution in [3.8, 4) is 0 Å². The molecule has 0 radical (unpaired) electrons. The van der Waals surface area contributed by atoms with Gasteiger partial charge >= 0.3 is 5.69 Å². The first-order valence-corrected chi connectivity index (χ1v) is 6.90. The third-order valence-electron chi connectivity index (χ3n) is 3.88. The standard InChI is InChI=1S/C14H18N4O2/c15-8-1-3-9(4-2-8)16-10-5-6-11-12(7-10)17-14(20)18-13(11)19/h5-9,16H,1-4,15H2,(H2,17,18,19,20)/t8-,9-. The van der Waals surface area contributed by atoms with Crippen molar-refractivity contribution in [1.82, 2.24) is 9.97 Å². The average molecular weight is 274 g/mol. The van der Waals surface area contributed by atoms with E-state index in [1.165, 1.54) is 0 Å². The highest BCUT2D eigenvalue weighted by atomic mass is 16.2. The summed E-state index contributed by atoms with van der Waals surface area (Å²) in [6.45, 7) is 0. The summed E-state index contributed by atoms with van der Waals surface area (Å²) in [6.07, 6.45) is 4.15. The number of benzene rings is 1. The number of fused-ring (bicyclic) bond motifs is 1. The molecular formula is C14H18N4O2. The van der Waals surface area contributed by atoms with Crippen LogP contribution in [0.5, 0.6) is 0 Å². The predicted octanol–water partition coefficient (Wildman–Crippen LogP) is 0.898. The number of nitrogens with two attached hydrogens (primary N) is 1. The minimum Gasteiger partial charge on any atom is -0.382 e. The molecule has 0 aliphatic heterocycles. The van der Waals surface area contributed by atoms with E-state index in [-0.39, 0.29) is 5.56 Å². The summed E-state index contributed by atoms with van der Waals surface area (Å²) >= 11 is 0. The quantitative estimate of drug-likeness (QED) is 0.653. The molecule has 0 spiro atoms. The molecule has 6 nitrogen and oxygen atoms in total. The fraction of sp³-hybridized carbons (Fsp3) is 0.429. The lowest BCUT2D eigenvalue weighted by Crippen LogP contribution is -2.32. The zero-order valence-electron chi connectivity index (χ0n) is 11.1. The highest BCUT2D eigenvalue weighted by Gasteiger charge is 2.18. The molecule has 0 amide bonds. The van der Waals surface area contributed by atoms with E-state index in [4.69, 9.17) is 5.73 Å². The Hall–Kier alpha value is -2.08. The lowest BCUT2D eigenvalue weighted by atomic mass is 9.91. The van der Waals surface area contributed by atoms with Crippen LogP contribution in [0.1, 0.15) is 25.7 Å². The molecule has 6 heteroatoms. The molecule has 1 saturated carbocycles. The zero-order valence-corrected chi connectivity index (χ0v) is 11.1. The van der Waals surface area contributed by atoms with Crippen LogP contribution in [0.2, 0.25) is 0 Å². The number of aromatic nitrogens is 2. The summed E-state index contributed by atoms with van der Waals surface area (Å²) in [5.74, 6) is 0. The van der Waals surface area contributed by atoms with E-state index < -0.39 is 5.69 Å². The van der Waals surface area contributed by atoms with Crippen LogP contribution in [0, 0.1) is 0 Å². The molecule has 106 valence electrons. The molecule has 1 aliphatic rings. The Kier molecular flexibility index (Phi) is 3.31. The van der Waals surface area contributed by atoms with E-state index in [2.05, 4.69) is 15.3 Å². The Labute approximate surface area is 115 Å². The number of aromatic amines is 2. The maximum absolute atomic E-state index is 11.6. The van der Waals surface area contributed by atoms with Crippen LogP contribution in [0.15, 0.2) is 27.8 Å². The van der Waals surface area contributed by atoms with E-state index in [1.54, 1.807) is 12.1 Å². The van der Waals surface area contributed by atoms with Gasteiger partial charge in [0.25, 0.3) is 5.56 Å². The number of rotatable bonds is 2. The summed E-state index contributed by atoms with van der Waals surface area (Å²) in [5.41, 5.74) is 6.52. The molecule has 1 aromatic heterocycles. The Balaban J connectivity index is 1.86. The van der Waals surface area contributed by atoms with E-state index >= 15 is 0 Å². The average Bonchev–Trinajstić information content (AvgIpc) is 2.41. The molecule has 0 bridgehead atoms. The van der Waals surface area contributed by atoms with Gasteiger partial charge in [0.2, 0.25) is 0 Å². The number of hydrogen-bond donors (Lipinski definition) is 4. The van der Waals surface area contributed by atoms with Gasteiger partial charge in [-0.2, -0.15) is 0 Å². The fourth-order valence-corrected chi connectivity index (χ4v) is 2.76. The lowest BCUT2D eigenvalue weighted by molar-refractivity contribution is 0.411. The van der Waals surface area contributed by atoms with Gasteiger partial charge in [0.05, 0.1) is 10.9 Å². The van der Waals surface area contributed by atoms with Gasteiger partial charge in [0.1, 0.15) is 0 Å². The summed E-state index contributed by atoms with van der Waals surface area (Å²) in [6, 6.07) is 6.12. The molecule has 1 heterocycles. The molecule has 0 unspecified atom stereocenters. The number of hydrogen-bond acceptors (Lipinski definition) is 4. The van der Waals surface area contributed by atoms with Gasteiger partial charge in [-0.05, 0) is 43.9 Å². The normalized spacial score (nSPS) is 22.9. The summed E-state index contributed by atoms with van der Waals surface area (Å²) in [7, 11) is 0. The monoisotopic (exact) mass is 274 g/mol. The third-order valence-corrected chi connectivity index (χ3v) is 3.88. The van der Waals surface area contributed by atoms with Gasteiger partial charge in [-0.15, -0.1) is 0 Å². The van der Waals surface area contributed by atoms with Gasteiger partial charge < -0.3 is 16.0 Å². The summed E-state index contributed by atoms with van der Waals surface area (Å²) < 4.78 is 0. The molecule has 1 aromatic carbocycles. The van der Waals surface area contributed by atoms with Crippen molar-refractivity contribution in [3.63, 3.8) is 0 Å². The van der Waals surface area contributed by atoms with Crippen molar-refractivity contribution in [2.75, 3.05) is 5.32 Å². The first-order valence-electron chi connectivity index (χ1n) is 6.90. The number of nitrogens with one attached hydrogen (secondary N) is 3. The summed E-state index contributed by atoms with van der Waals surface area (Å²) in [5, 5.41) is 3.93. The topological polar surface area (TPSA) is 104 Å². The Morgan fingerprint density at radius 2 is 1.85 bits per heavy atom. The smallest absolute Gasteiger partial charge is 0.326 e. The fourth-order valence-electron chi connectivity index (χ4n) is 2.76. The second kappa shape index (κ2) is 5.13. The van der Waals surface area contributed by atoms with Crippen LogP contribution >= 0.6 is 0 Å². The van der Waals surface area contributed by atoms with Crippen LogP contribution in [0.25, 0.3) is 10.9 Å². The maximum atomic E-state index is 11.6. The second-order valence-electron chi connectivity index (χ2n) is 5.42. The zero-order chi connectivity index (χ0) is 14.1. The third kappa shape index (κ3) is 2.60. The molecule has 3 rings (SSSR count). The Bertz CT molecular complexity index is 726. The molecule has 20 heavy (non-hydrogen) atoms. The summed E-state index contributed by atoms with van der Waals surface area (Å²) in [4.78, 5) is 27.8. The Morgan fingerprint density at radius 1 is 1.10 bits per heavy atom. The van der Waals surface area contributed by atoms with Gasteiger partial charge in [-0.1, -0.05) is 0 Å². The van der Waals surface area contributed by atoms with Gasteiger partial charge in [0, 0.05) is 17.8 Å². The second-order valence-corrected chi connectivity index (χ2v) is 5.42. The molecule has 1 fully saturated rings. The predicted molar refractivity (Wildman–Crippen MR) is 79.0 cm³/mol.